The average Bonchev–Trinajstić information content (AvgIpc) is 3.25. The normalized spacial score (nSPS) is 26.8. The van der Waals surface area contributed by atoms with Crippen molar-refractivity contribution in [2.75, 3.05) is 0 Å². The SMILES string of the molecule is Cn1nc2c(c1CN[C@@H]1CC(Cn3cccn3)C[C@H]1O)CCC2. The van der Waals surface area contributed by atoms with Gasteiger partial charge in [0.2, 0.25) is 0 Å². The van der Waals surface area contributed by atoms with Gasteiger partial charge in [-0.3, -0.25) is 9.36 Å². The highest BCUT2D eigenvalue weighted by Crippen LogP contribution is 2.29. The lowest BCUT2D eigenvalue weighted by Crippen LogP contribution is -2.35. The first kappa shape index (κ1) is 14.9. The van der Waals surface area contributed by atoms with Gasteiger partial charge in [-0.05, 0) is 49.7 Å². The minimum absolute atomic E-state index is 0.169. The van der Waals surface area contributed by atoms with Crippen LogP contribution in [0, 0.1) is 5.92 Å². The van der Waals surface area contributed by atoms with Crippen LogP contribution < -0.4 is 5.32 Å². The highest BCUT2D eigenvalue weighted by atomic mass is 16.3. The van der Waals surface area contributed by atoms with Crippen molar-refractivity contribution in [3.05, 3.63) is 35.4 Å². The van der Waals surface area contributed by atoms with E-state index in [2.05, 4.69) is 15.5 Å². The number of nitrogens with one attached hydrogen (secondary N) is 1. The van der Waals surface area contributed by atoms with Gasteiger partial charge in [-0.25, -0.2) is 0 Å². The Labute approximate surface area is 136 Å². The molecule has 3 atom stereocenters. The lowest BCUT2D eigenvalue weighted by Gasteiger charge is -2.17. The zero-order valence-electron chi connectivity index (χ0n) is 13.6. The number of fused-ring (bicyclic) bond motifs is 1. The van der Waals surface area contributed by atoms with Crippen LogP contribution >= 0.6 is 0 Å². The molecule has 0 spiro atoms. The van der Waals surface area contributed by atoms with E-state index in [1.807, 2.05) is 34.9 Å². The van der Waals surface area contributed by atoms with Crippen molar-refractivity contribution in [3.63, 3.8) is 0 Å². The second-order valence-electron chi connectivity index (χ2n) is 6.97. The largest absolute Gasteiger partial charge is 0.391 e. The summed E-state index contributed by atoms with van der Waals surface area (Å²) >= 11 is 0. The fourth-order valence-electron chi connectivity index (χ4n) is 4.19. The first-order valence-electron chi connectivity index (χ1n) is 8.63. The summed E-state index contributed by atoms with van der Waals surface area (Å²) in [5.74, 6) is 0.486. The van der Waals surface area contributed by atoms with Gasteiger partial charge in [0.15, 0.2) is 0 Å². The molecule has 0 radical (unpaired) electrons. The summed E-state index contributed by atoms with van der Waals surface area (Å²) in [7, 11) is 2.03. The molecule has 0 saturated heterocycles. The van der Waals surface area contributed by atoms with Crippen molar-refractivity contribution in [1.29, 1.82) is 0 Å². The van der Waals surface area contributed by atoms with Gasteiger partial charge < -0.3 is 10.4 Å². The molecule has 1 fully saturated rings. The van der Waals surface area contributed by atoms with Gasteiger partial charge in [0, 0.05) is 38.6 Å². The fourth-order valence-corrected chi connectivity index (χ4v) is 4.19. The van der Waals surface area contributed by atoms with E-state index in [4.69, 9.17) is 0 Å². The fraction of sp³-hybridized carbons (Fsp3) is 0.647. The number of aromatic nitrogens is 4. The van der Waals surface area contributed by atoms with Crippen molar-refractivity contribution in [1.82, 2.24) is 24.9 Å². The van der Waals surface area contributed by atoms with Crippen molar-refractivity contribution >= 4 is 0 Å². The molecule has 0 aromatic carbocycles. The maximum atomic E-state index is 10.4. The number of aliphatic hydroxyl groups is 1. The molecular formula is C17H25N5O. The predicted molar refractivity (Wildman–Crippen MR) is 86.8 cm³/mol. The van der Waals surface area contributed by atoms with Gasteiger partial charge in [0.25, 0.3) is 0 Å². The third kappa shape index (κ3) is 2.93. The Morgan fingerprint density at radius 1 is 1.35 bits per heavy atom. The van der Waals surface area contributed by atoms with E-state index in [0.29, 0.717) is 5.92 Å². The summed E-state index contributed by atoms with van der Waals surface area (Å²) in [5, 5.41) is 22.8. The molecule has 4 rings (SSSR count). The Morgan fingerprint density at radius 3 is 3.09 bits per heavy atom. The Morgan fingerprint density at radius 2 is 2.26 bits per heavy atom. The molecule has 2 aliphatic carbocycles. The van der Waals surface area contributed by atoms with E-state index < -0.39 is 0 Å². The maximum Gasteiger partial charge on any atom is 0.0696 e. The van der Waals surface area contributed by atoms with Crippen molar-refractivity contribution in [3.8, 4) is 0 Å². The molecule has 2 aromatic heterocycles. The van der Waals surface area contributed by atoms with Crippen LogP contribution in [0.4, 0.5) is 0 Å². The van der Waals surface area contributed by atoms with Gasteiger partial charge in [-0.15, -0.1) is 0 Å². The highest BCUT2D eigenvalue weighted by molar-refractivity contribution is 5.30. The number of hydrogen-bond acceptors (Lipinski definition) is 4. The van der Waals surface area contributed by atoms with E-state index in [-0.39, 0.29) is 12.1 Å². The molecule has 6 heteroatoms. The van der Waals surface area contributed by atoms with Crippen LogP contribution in [0.25, 0.3) is 0 Å². The van der Waals surface area contributed by atoms with E-state index in [1.54, 1.807) is 0 Å². The third-order valence-electron chi connectivity index (χ3n) is 5.36. The van der Waals surface area contributed by atoms with Crippen LogP contribution in [-0.2, 0) is 33.0 Å². The molecule has 124 valence electrons. The molecule has 2 aliphatic rings. The molecule has 0 bridgehead atoms. The number of hydrogen-bond donors (Lipinski definition) is 2. The third-order valence-corrected chi connectivity index (χ3v) is 5.36. The lowest BCUT2D eigenvalue weighted by molar-refractivity contribution is 0.145. The monoisotopic (exact) mass is 315 g/mol. The first-order chi connectivity index (χ1) is 11.2. The Kier molecular flexibility index (Phi) is 3.95. The summed E-state index contributed by atoms with van der Waals surface area (Å²) < 4.78 is 3.98. The van der Waals surface area contributed by atoms with Crippen LogP contribution in [0.5, 0.6) is 0 Å². The Balaban J connectivity index is 1.36. The summed E-state index contributed by atoms with van der Waals surface area (Å²) in [5.41, 5.74) is 3.99. The second-order valence-corrected chi connectivity index (χ2v) is 6.97. The lowest BCUT2D eigenvalue weighted by atomic mass is 10.1. The molecule has 6 nitrogen and oxygen atoms in total. The predicted octanol–water partition coefficient (Wildman–Crippen LogP) is 1.03. The van der Waals surface area contributed by atoms with Gasteiger partial charge in [0.05, 0.1) is 17.5 Å². The minimum Gasteiger partial charge on any atom is -0.391 e. The molecule has 0 aliphatic heterocycles. The summed E-state index contributed by atoms with van der Waals surface area (Å²) in [6.45, 7) is 1.69. The average molecular weight is 315 g/mol. The van der Waals surface area contributed by atoms with Crippen LogP contribution in [0.3, 0.4) is 0 Å². The van der Waals surface area contributed by atoms with E-state index in [9.17, 15) is 5.11 Å². The quantitative estimate of drug-likeness (QED) is 0.865. The number of rotatable bonds is 5. The zero-order chi connectivity index (χ0) is 15.8. The molecule has 2 N–H and O–H groups in total. The first-order valence-corrected chi connectivity index (χ1v) is 8.63. The van der Waals surface area contributed by atoms with Crippen molar-refractivity contribution in [2.24, 2.45) is 13.0 Å². The molecule has 1 saturated carbocycles. The van der Waals surface area contributed by atoms with Crippen LogP contribution in [0.1, 0.15) is 36.2 Å². The van der Waals surface area contributed by atoms with Gasteiger partial charge in [-0.2, -0.15) is 10.2 Å². The van der Waals surface area contributed by atoms with E-state index in [1.165, 1.54) is 23.4 Å². The summed E-state index contributed by atoms with van der Waals surface area (Å²) in [6, 6.07) is 2.12. The minimum atomic E-state index is -0.267. The van der Waals surface area contributed by atoms with Crippen LogP contribution in [0.2, 0.25) is 0 Å². The standard InChI is InChI=1S/C17H25N5O/c1-21-16(13-4-2-5-14(13)20-21)10-18-15-8-12(9-17(15)23)11-22-7-3-6-19-22/h3,6-7,12,15,17-18,23H,2,4-5,8-11H2,1H3/t12?,15-,17-/m1/s1. The topological polar surface area (TPSA) is 67.9 Å². The molecule has 0 amide bonds. The van der Waals surface area contributed by atoms with E-state index >= 15 is 0 Å². The van der Waals surface area contributed by atoms with Crippen LogP contribution in [0.15, 0.2) is 18.5 Å². The zero-order valence-corrected chi connectivity index (χ0v) is 13.6. The van der Waals surface area contributed by atoms with Crippen molar-refractivity contribution < 1.29 is 5.11 Å². The smallest absolute Gasteiger partial charge is 0.0696 e. The molecule has 2 heterocycles. The second kappa shape index (κ2) is 6.09. The molecule has 23 heavy (non-hydrogen) atoms. The van der Waals surface area contributed by atoms with E-state index in [0.717, 1.165) is 38.8 Å². The Hall–Kier alpha value is -1.66. The summed E-state index contributed by atoms with van der Waals surface area (Å²) in [6.07, 6.45) is 8.87. The molecule has 1 unspecified atom stereocenters. The number of nitrogens with zero attached hydrogens (tertiary/aromatic N) is 4. The van der Waals surface area contributed by atoms with Gasteiger partial charge in [-0.1, -0.05) is 0 Å². The van der Waals surface area contributed by atoms with Gasteiger partial charge in [0.1, 0.15) is 0 Å². The van der Waals surface area contributed by atoms with Crippen molar-refractivity contribution in [2.45, 2.75) is 57.3 Å². The number of aliphatic hydroxyl groups excluding tert-OH is 1. The van der Waals surface area contributed by atoms with Crippen LogP contribution in [-0.4, -0.2) is 36.8 Å². The highest BCUT2D eigenvalue weighted by Gasteiger charge is 2.33. The Bertz CT molecular complexity index is 663. The summed E-state index contributed by atoms with van der Waals surface area (Å²) in [4.78, 5) is 0. The maximum absolute atomic E-state index is 10.4. The van der Waals surface area contributed by atoms with Gasteiger partial charge >= 0.3 is 0 Å². The molecule has 2 aromatic rings. The number of aryl methyl sites for hydroxylation is 2. The molecular weight excluding hydrogens is 290 g/mol.